The zero-order valence-electron chi connectivity index (χ0n) is 43.8. The number of nitrogens with zero attached hydrogens (tertiary/aromatic N) is 8. The molecule has 1 N–H and O–H groups in total. The highest BCUT2D eigenvalue weighted by Crippen LogP contribution is 2.48. The molecule has 6 heterocycles. The van der Waals surface area contributed by atoms with E-state index < -0.39 is 64.7 Å². The van der Waals surface area contributed by atoms with Crippen LogP contribution in [-0.4, -0.2) is 198 Å². The Kier molecular flexibility index (Phi) is 16.6. The normalized spacial score (nSPS) is 17.9. The van der Waals surface area contributed by atoms with Crippen LogP contribution in [0.25, 0.3) is 22.5 Å². The van der Waals surface area contributed by atoms with Crippen molar-refractivity contribution >= 4 is 47.3 Å². The van der Waals surface area contributed by atoms with Crippen LogP contribution in [0.5, 0.6) is 34.8 Å². The second-order valence-electron chi connectivity index (χ2n) is 21.0. The monoisotopic (exact) mass is 1100 g/mol. The van der Waals surface area contributed by atoms with Gasteiger partial charge in [0.2, 0.25) is 11.8 Å². The summed E-state index contributed by atoms with van der Waals surface area (Å²) in [5.41, 5.74) is -2.79. The molecule has 2 saturated heterocycles. The molecule has 0 bridgehead atoms. The fraction of sp³-hybridized carbons (Fsp3) is 0.500. The van der Waals surface area contributed by atoms with Crippen LogP contribution < -0.4 is 23.7 Å². The van der Waals surface area contributed by atoms with Crippen molar-refractivity contribution in [2.75, 3.05) is 107 Å². The molecule has 0 radical (unpaired) electrons. The molecule has 2 fully saturated rings. The molecule has 0 unspecified atom stereocenters. The number of aromatic hydroxyl groups is 1. The molecule has 410 valence electrons. The smallest absolute Gasteiger partial charge is 0.507 e. The van der Waals surface area contributed by atoms with Gasteiger partial charge in [0.1, 0.15) is 93.3 Å². The van der Waals surface area contributed by atoms with Gasteiger partial charge >= 0.3 is 12.2 Å². The predicted molar refractivity (Wildman–Crippen MR) is 275 cm³/mol. The number of phenolic OH excluding ortho intramolecular Hbond substituents is 1. The summed E-state index contributed by atoms with van der Waals surface area (Å²) in [5.74, 6) is -3.82. The van der Waals surface area contributed by atoms with Gasteiger partial charge in [0.25, 0.3) is 11.8 Å². The number of fused-ring (bicyclic) bond motifs is 4. The Labute approximate surface area is 449 Å². The first kappa shape index (κ1) is 55.8. The van der Waals surface area contributed by atoms with E-state index in [0.717, 1.165) is 12.1 Å². The highest BCUT2D eigenvalue weighted by Gasteiger charge is 2.43. The summed E-state index contributed by atoms with van der Waals surface area (Å²) in [6.45, 7) is 12.8. The van der Waals surface area contributed by atoms with Crippen LogP contribution in [0.3, 0.4) is 0 Å². The van der Waals surface area contributed by atoms with Gasteiger partial charge in [-0.3, -0.25) is 19.4 Å². The standard InChI is InChI=1S/C52H62Cl2F2N8O12/c1-51(2,3)75-49(68)62-17-19-64-30(25-62)27-73-44-38(48(64)67)46(58-42(40(44)54)36-32(56)13-11-15-34(36)74-50(69)76-52(4,5)6)71-23-21-60(9)28-61-16-18-63-29(24-61)26-72-43-37(47(63)66)45(70-22-20-59(7)8)57-41(39(43)53)35-31(55)12-10-14-33(35)65/h10-15,29-30,65H,16-28H2,1-9H3/t29-,30-/m1/s1. The Morgan fingerprint density at radius 2 is 1.25 bits per heavy atom. The Hall–Kier alpha value is -6.46. The van der Waals surface area contributed by atoms with Crippen molar-refractivity contribution in [2.45, 2.75) is 64.8 Å². The molecule has 3 amide bonds. The van der Waals surface area contributed by atoms with Crippen molar-refractivity contribution in [2.24, 2.45) is 0 Å². The first-order valence-electron chi connectivity index (χ1n) is 24.7. The molecule has 4 aromatic rings. The number of carbonyl (C=O) groups excluding carboxylic acids is 4. The molecule has 2 aromatic heterocycles. The van der Waals surface area contributed by atoms with Crippen molar-refractivity contribution in [3.8, 4) is 57.3 Å². The van der Waals surface area contributed by atoms with E-state index in [9.17, 15) is 24.3 Å². The quantitative estimate of drug-likeness (QED) is 0.103. The van der Waals surface area contributed by atoms with Crippen molar-refractivity contribution < 1.29 is 66.2 Å². The number of hydrogen-bond acceptors (Lipinski definition) is 17. The number of benzene rings is 2. The van der Waals surface area contributed by atoms with Crippen LogP contribution in [0.15, 0.2) is 36.4 Å². The zero-order valence-corrected chi connectivity index (χ0v) is 45.4. The van der Waals surface area contributed by atoms with Crippen LogP contribution >= 0.6 is 23.2 Å². The van der Waals surface area contributed by atoms with Gasteiger partial charge in [0, 0.05) is 52.4 Å². The highest BCUT2D eigenvalue weighted by atomic mass is 35.5. The number of amides is 3. The van der Waals surface area contributed by atoms with Gasteiger partial charge in [-0.25, -0.2) is 28.3 Å². The first-order valence-corrected chi connectivity index (χ1v) is 25.5. The van der Waals surface area contributed by atoms with E-state index in [-0.39, 0.29) is 132 Å². The average Bonchev–Trinajstić information content (AvgIpc) is 3.60. The van der Waals surface area contributed by atoms with Crippen molar-refractivity contribution in [1.82, 2.24) is 39.4 Å². The van der Waals surface area contributed by atoms with Crippen LogP contribution in [-0.2, 0) is 9.47 Å². The van der Waals surface area contributed by atoms with E-state index in [4.69, 9.17) is 56.4 Å². The molecule has 2 atom stereocenters. The molecule has 0 saturated carbocycles. The lowest BCUT2D eigenvalue weighted by molar-refractivity contribution is 0.000862. The number of carbonyl (C=O) groups is 4. The Morgan fingerprint density at radius 1 is 0.724 bits per heavy atom. The van der Waals surface area contributed by atoms with Gasteiger partial charge in [-0.15, -0.1) is 0 Å². The third-order valence-electron chi connectivity index (χ3n) is 12.6. The molecule has 8 rings (SSSR count). The molecule has 4 aliphatic rings. The largest absolute Gasteiger partial charge is 0.514 e. The second kappa shape index (κ2) is 22.6. The summed E-state index contributed by atoms with van der Waals surface area (Å²) in [5, 5.41) is 10.3. The molecule has 0 spiro atoms. The van der Waals surface area contributed by atoms with E-state index >= 15 is 8.78 Å². The molecular weight excluding hydrogens is 1040 g/mol. The topological polar surface area (TPSA) is 198 Å². The van der Waals surface area contributed by atoms with E-state index in [1.54, 1.807) is 51.3 Å². The first-order chi connectivity index (χ1) is 35.9. The maximum atomic E-state index is 16.1. The maximum Gasteiger partial charge on any atom is 0.514 e. The van der Waals surface area contributed by atoms with Gasteiger partial charge in [0.05, 0.1) is 29.9 Å². The number of piperazine rings is 2. The van der Waals surface area contributed by atoms with Crippen LogP contribution in [0.2, 0.25) is 10.0 Å². The molecule has 4 aliphatic heterocycles. The molecular formula is C52H62Cl2F2N8O12. The van der Waals surface area contributed by atoms with Crippen molar-refractivity contribution in [1.29, 1.82) is 0 Å². The molecule has 0 aliphatic carbocycles. The van der Waals surface area contributed by atoms with Crippen LogP contribution in [0.1, 0.15) is 62.3 Å². The van der Waals surface area contributed by atoms with Crippen molar-refractivity contribution in [3.63, 3.8) is 0 Å². The molecule has 76 heavy (non-hydrogen) atoms. The number of likely N-dealkylation sites (N-methyl/N-ethyl adjacent to an activating group) is 2. The van der Waals surface area contributed by atoms with Gasteiger partial charge in [-0.05, 0) is 87.0 Å². The molecule has 24 heteroatoms. The number of halogens is 4. The Balaban J connectivity index is 1.02. The van der Waals surface area contributed by atoms with Crippen molar-refractivity contribution in [3.05, 3.63) is 69.2 Å². The number of aromatic nitrogens is 2. The summed E-state index contributed by atoms with van der Waals surface area (Å²) >= 11 is 13.9. The van der Waals surface area contributed by atoms with E-state index in [0.29, 0.717) is 26.3 Å². The number of pyridine rings is 2. The summed E-state index contributed by atoms with van der Waals surface area (Å²) in [7, 11) is 5.57. The lowest BCUT2D eigenvalue weighted by Crippen LogP contribution is -2.58. The van der Waals surface area contributed by atoms with Gasteiger partial charge in [-0.2, -0.15) is 0 Å². The fourth-order valence-electron chi connectivity index (χ4n) is 9.05. The number of rotatable bonds is 13. The Bertz CT molecular complexity index is 2870. The molecule has 20 nitrogen and oxygen atoms in total. The minimum atomic E-state index is -1.11. The Morgan fingerprint density at radius 3 is 1.82 bits per heavy atom. The SMILES string of the molecule is CN(C)CCOc1nc(-c2c(O)cccc2F)c(Cl)c2c1C(=O)N1CCN(CN(C)CCOc3nc(-c4c(F)cccc4OC(=O)OC(C)(C)C)c(Cl)c4c3C(=O)N3CCN(C(=O)OC(C)(C)C)C[C@@H]3CO4)C[C@@H]1CO2. The summed E-state index contributed by atoms with van der Waals surface area (Å²) in [4.78, 5) is 75.1. The summed E-state index contributed by atoms with van der Waals surface area (Å²) in [6.07, 6.45) is -1.66. The second-order valence-corrected chi connectivity index (χ2v) is 21.8. The van der Waals surface area contributed by atoms with Crippen LogP contribution in [0.4, 0.5) is 18.4 Å². The van der Waals surface area contributed by atoms with E-state index in [2.05, 4.69) is 14.9 Å². The minimum Gasteiger partial charge on any atom is -0.507 e. The third kappa shape index (κ3) is 12.4. The van der Waals surface area contributed by atoms with Gasteiger partial charge in [0.15, 0.2) is 11.5 Å². The molecule has 2 aromatic carbocycles. The zero-order chi connectivity index (χ0) is 55.0. The lowest BCUT2D eigenvalue weighted by Gasteiger charge is -2.41. The van der Waals surface area contributed by atoms with Gasteiger partial charge < -0.3 is 57.9 Å². The minimum absolute atomic E-state index is 0.00494. The number of hydrogen-bond donors (Lipinski definition) is 1. The number of phenols is 1. The van der Waals surface area contributed by atoms with E-state index in [1.165, 1.54) is 29.2 Å². The maximum absolute atomic E-state index is 16.1. The fourth-order valence-corrected chi connectivity index (χ4v) is 9.63. The summed E-state index contributed by atoms with van der Waals surface area (Å²) in [6, 6.07) is 6.50. The van der Waals surface area contributed by atoms with E-state index in [1.807, 2.05) is 30.9 Å². The van der Waals surface area contributed by atoms with Crippen LogP contribution in [0, 0.1) is 11.6 Å². The van der Waals surface area contributed by atoms with Gasteiger partial charge in [-0.1, -0.05) is 35.3 Å². The third-order valence-corrected chi connectivity index (χ3v) is 13.3. The highest BCUT2D eigenvalue weighted by molar-refractivity contribution is 6.36. The number of ether oxygens (including phenoxy) is 7. The average molecular weight is 1100 g/mol. The summed E-state index contributed by atoms with van der Waals surface area (Å²) < 4.78 is 72.9. The lowest BCUT2D eigenvalue weighted by atomic mass is 10.1. The predicted octanol–water partition coefficient (Wildman–Crippen LogP) is 7.30.